The smallest absolute Gasteiger partial charge is 0.320 e. The molecule has 0 amide bonds. The van der Waals surface area contributed by atoms with E-state index in [1.165, 1.54) is 0 Å². The van der Waals surface area contributed by atoms with Crippen LogP contribution in [0.3, 0.4) is 0 Å². The zero-order chi connectivity index (χ0) is 13.1. The van der Waals surface area contributed by atoms with Crippen molar-refractivity contribution < 1.29 is 9.90 Å². The number of unbranched alkanes of at least 4 members (excludes halogenated alkanes) is 3. The summed E-state index contributed by atoms with van der Waals surface area (Å²) in [5.41, 5.74) is 11.5. The summed E-state index contributed by atoms with van der Waals surface area (Å²) < 4.78 is 0. The number of carboxylic acid groups (broad SMARTS) is 1. The van der Waals surface area contributed by atoms with Gasteiger partial charge < -0.3 is 22.0 Å². The molecule has 0 rings (SSSR count). The lowest BCUT2D eigenvalue weighted by molar-refractivity contribution is -0.138. The highest BCUT2D eigenvalue weighted by Gasteiger charge is 2.10. The average Bonchev–Trinajstić information content (AvgIpc) is 2.28. The van der Waals surface area contributed by atoms with Gasteiger partial charge in [0.05, 0.1) is 0 Å². The molecular formula is C12H25N3O2. The molecule has 0 aromatic carbocycles. The summed E-state index contributed by atoms with van der Waals surface area (Å²) in [7, 11) is 0. The first-order valence-electron chi connectivity index (χ1n) is 6.32. The summed E-state index contributed by atoms with van der Waals surface area (Å²) in [6.07, 6.45) is 6.96. The maximum atomic E-state index is 10.5. The second-order valence-corrected chi connectivity index (χ2v) is 4.39. The highest BCUT2D eigenvalue weighted by atomic mass is 16.4. The Labute approximate surface area is 103 Å². The van der Waals surface area contributed by atoms with E-state index in [-0.39, 0.29) is 0 Å². The molecule has 0 radical (unpaired) electrons. The number of hydrogen-bond donors (Lipinski definition) is 4. The largest absolute Gasteiger partial charge is 0.480 e. The molecule has 0 unspecified atom stereocenters. The first kappa shape index (κ1) is 16.1. The van der Waals surface area contributed by atoms with Crippen LogP contribution in [0, 0.1) is 5.41 Å². The molecule has 6 N–H and O–H groups in total. The molecule has 5 heteroatoms. The average molecular weight is 243 g/mol. The van der Waals surface area contributed by atoms with Gasteiger partial charge >= 0.3 is 5.97 Å². The van der Waals surface area contributed by atoms with Crippen LogP contribution in [0.25, 0.3) is 0 Å². The molecule has 0 aliphatic heterocycles. The van der Waals surface area contributed by atoms with Crippen molar-refractivity contribution in [2.24, 2.45) is 11.5 Å². The fourth-order valence-electron chi connectivity index (χ4n) is 1.62. The second kappa shape index (κ2) is 10.2. The minimum atomic E-state index is -0.960. The van der Waals surface area contributed by atoms with Crippen LogP contribution in [0.5, 0.6) is 0 Å². The molecule has 0 spiro atoms. The summed E-state index contributed by atoms with van der Waals surface area (Å²) in [5, 5.41) is 16.3. The van der Waals surface area contributed by atoms with E-state index >= 15 is 0 Å². The van der Waals surface area contributed by atoms with Crippen LogP contribution in [0.15, 0.2) is 0 Å². The molecule has 0 aromatic heterocycles. The standard InChI is InChI=1S/C12H25N3O2/c13-9-4-2-1-3-6-10(14)7-5-8-11(15)12(16)17/h11,14H,1-9,13,15H2,(H,16,17)/t11-/m0/s1. The fraction of sp³-hybridized carbons (Fsp3) is 0.833. The van der Waals surface area contributed by atoms with E-state index in [0.29, 0.717) is 25.0 Å². The number of hydrogen-bond acceptors (Lipinski definition) is 4. The van der Waals surface area contributed by atoms with Gasteiger partial charge in [0, 0.05) is 5.71 Å². The Kier molecular flexibility index (Phi) is 9.66. The molecular weight excluding hydrogens is 218 g/mol. The van der Waals surface area contributed by atoms with E-state index in [2.05, 4.69) is 0 Å². The lowest BCUT2D eigenvalue weighted by atomic mass is 10.0. The van der Waals surface area contributed by atoms with Crippen LogP contribution in [-0.2, 0) is 4.79 Å². The molecule has 0 aliphatic rings. The predicted molar refractivity (Wildman–Crippen MR) is 69.3 cm³/mol. The molecule has 0 saturated carbocycles. The van der Waals surface area contributed by atoms with Gasteiger partial charge in [-0.3, -0.25) is 4.79 Å². The first-order chi connectivity index (χ1) is 8.07. The highest BCUT2D eigenvalue weighted by Crippen LogP contribution is 2.07. The third-order valence-corrected chi connectivity index (χ3v) is 2.74. The summed E-state index contributed by atoms with van der Waals surface area (Å²) in [6.45, 7) is 0.741. The Morgan fingerprint density at radius 3 is 2.29 bits per heavy atom. The zero-order valence-corrected chi connectivity index (χ0v) is 10.5. The van der Waals surface area contributed by atoms with Crippen LogP contribution < -0.4 is 11.5 Å². The van der Waals surface area contributed by atoms with Gasteiger partial charge in [-0.1, -0.05) is 12.8 Å². The van der Waals surface area contributed by atoms with E-state index < -0.39 is 12.0 Å². The maximum Gasteiger partial charge on any atom is 0.320 e. The SMILES string of the molecule is N=C(CCCCCCN)CCC[C@H](N)C(=O)O. The van der Waals surface area contributed by atoms with Crippen LogP contribution in [-0.4, -0.2) is 29.4 Å². The van der Waals surface area contributed by atoms with E-state index in [0.717, 1.165) is 38.6 Å². The fourth-order valence-corrected chi connectivity index (χ4v) is 1.62. The van der Waals surface area contributed by atoms with E-state index in [1.807, 2.05) is 0 Å². The predicted octanol–water partition coefficient (Wildman–Crippen LogP) is 1.50. The molecule has 17 heavy (non-hydrogen) atoms. The molecule has 0 aliphatic carbocycles. The van der Waals surface area contributed by atoms with Crippen LogP contribution in [0.4, 0.5) is 0 Å². The van der Waals surface area contributed by atoms with Gasteiger partial charge in [-0.15, -0.1) is 0 Å². The van der Waals surface area contributed by atoms with Crippen molar-refractivity contribution in [3.05, 3.63) is 0 Å². The molecule has 5 nitrogen and oxygen atoms in total. The Balaban J connectivity index is 3.38. The molecule has 0 saturated heterocycles. The Morgan fingerprint density at radius 1 is 1.12 bits per heavy atom. The second-order valence-electron chi connectivity index (χ2n) is 4.39. The normalized spacial score (nSPS) is 12.4. The molecule has 1 atom stereocenters. The zero-order valence-electron chi connectivity index (χ0n) is 10.5. The number of carboxylic acids is 1. The van der Waals surface area contributed by atoms with Crippen molar-refractivity contribution in [3.63, 3.8) is 0 Å². The number of rotatable bonds is 11. The van der Waals surface area contributed by atoms with E-state index in [9.17, 15) is 4.79 Å². The van der Waals surface area contributed by atoms with Crippen LogP contribution in [0.2, 0.25) is 0 Å². The molecule has 0 fully saturated rings. The molecule has 0 bridgehead atoms. The Morgan fingerprint density at radius 2 is 1.71 bits per heavy atom. The number of nitrogens with two attached hydrogens (primary N) is 2. The molecule has 100 valence electrons. The monoisotopic (exact) mass is 243 g/mol. The van der Waals surface area contributed by atoms with Crippen LogP contribution in [0.1, 0.15) is 51.4 Å². The van der Waals surface area contributed by atoms with E-state index in [4.69, 9.17) is 22.0 Å². The van der Waals surface area contributed by atoms with Gasteiger partial charge in [0.25, 0.3) is 0 Å². The minimum absolute atomic E-state index is 0.449. The van der Waals surface area contributed by atoms with Crippen molar-refractivity contribution in [2.45, 2.75) is 57.4 Å². The topological polar surface area (TPSA) is 113 Å². The molecule has 0 aromatic rings. The van der Waals surface area contributed by atoms with Gasteiger partial charge in [-0.2, -0.15) is 0 Å². The number of nitrogens with one attached hydrogen (secondary N) is 1. The van der Waals surface area contributed by atoms with Gasteiger partial charge in [0.15, 0.2) is 0 Å². The van der Waals surface area contributed by atoms with Gasteiger partial charge in [-0.05, 0) is 45.1 Å². The summed E-state index contributed by atoms with van der Waals surface area (Å²) in [6, 6.07) is -0.785. The van der Waals surface area contributed by atoms with Crippen molar-refractivity contribution in [1.29, 1.82) is 5.41 Å². The van der Waals surface area contributed by atoms with Gasteiger partial charge in [0.1, 0.15) is 6.04 Å². The molecule has 0 heterocycles. The van der Waals surface area contributed by atoms with Crippen LogP contribution >= 0.6 is 0 Å². The first-order valence-corrected chi connectivity index (χ1v) is 6.32. The lowest BCUT2D eigenvalue weighted by Crippen LogP contribution is -2.29. The van der Waals surface area contributed by atoms with Crippen molar-refractivity contribution >= 4 is 11.7 Å². The van der Waals surface area contributed by atoms with Crippen molar-refractivity contribution in [2.75, 3.05) is 6.54 Å². The lowest BCUT2D eigenvalue weighted by Gasteiger charge is -2.07. The minimum Gasteiger partial charge on any atom is -0.480 e. The maximum absolute atomic E-state index is 10.5. The Hall–Kier alpha value is -0.940. The van der Waals surface area contributed by atoms with Gasteiger partial charge in [-0.25, -0.2) is 0 Å². The quantitative estimate of drug-likeness (QED) is 0.325. The Bertz CT molecular complexity index is 232. The third kappa shape index (κ3) is 9.96. The third-order valence-electron chi connectivity index (χ3n) is 2.74. The van der Waals surface area contributed by atoms with Gasteiger partial charge in [0.2, 0.25) is 0 Å². The van der Waals surface area contributed by atoms with Crippen molar-refractivity contribution in [1.82, 2.24) is 0 Å². The number of carbonyl (C=O) groups is 1. The summed E-state index contributed by atoms with van der Waals surface area (Å²) in [4.78, 5) is 10.5. The van der Waals surface area contributed by atoms with Crippen molar-refractivity contribution in [3.8, 4) is 0 Å². The number of aliphatic carboxylic acids is 1. The summed E-state index contributed by atoms with van der Waals surface area (Å²) >= 11 is 0. The summed E-state index contributed by atoms with van der Waals surface area (Å²) in [5.74, 6) is -0.960. The highest BCUT2D eigenvalue weighted by molar-refractivity contribution is 5.81. The van der Waals surface area contributed by atoms with E-state index in [1.54, 1.807) is 0 Å².